The summed E-state index contributed by atoms with van der Waals surface area (Å²) in [7, 11) is 0. The Bertz CT molecular complexity index is 262. The van der Waals surface area contributed by atoms with Gasteiger partial charge in [-0.3, -0.25) is 0 Å². The second-order valence-corrected chi connectivity index (χ2v) is 8.91. The van der Waals surface area contributed by atoms with Gasteiger partial charge in [-0.15, -0.1) is 0 Å². The molecule has 0 aromatic rings. The van der Waals surface area contributed by atoms with Gasteiger partial charge in [-0.05, 0) is 38.5 Å². The maximum Gasteiger partial charge on any atom is 0.0786 e. The molecule has 0 saturated heterocycles. The molecule has 2 nitrogen and oxygen atoms in total. The van der Waals surface area contributed by atoms with Crippen molar-refractivity contribution in [1.82, 2.24) is 0 Å². The van der Waals surface area contributed by atoms with Crippen molar-refractivity contribution in [2.75, 3.05) is 32.8 Å². The molecule has 0 rings (SSSR count). The highest BCUT2D eigenvalue weighted by molar-refractivity contribution is 4.51. The first-order valence-electron chi connectivity index (χ1n) is 12.7. The fraction of sp³-hybridized carbons (Fsp3) is 1.00. The van der Waals surface area contributed by atoms with Gasteiger partial charge in [0.1, 0.15) is 0 Å². The summed E-state index contributed by atoms with van der Waals surface area (Å²) in [6, 6.07) is 0. The molecule has 0 aromatic heterocycles. The van der Waals surface area contributed by atoms with Crippen LogP contribution in [0.4, 0.5) is 0 Å². The van der Waals surface area contributed by atoms with E-state index in [1.807, 2.05) is 0 Å². The van der Waals surface area contributed by atoms with Crippen molar-refractivity contribution in [3.63, 3.8) is 0 Å². The molecule has 0 atom stereocenters. The fourth-order valence-electron chi connectivity index (χ4n) is 4.77. The highest BCUT2D eigenvalue weighted by Crippen LogP contribution is 2.16. The Morgan fingerprint density at radius 3 is 1.00 bits per heavy atom. The molecule has 0 amide bonds. The minimum atomic E-state index is 0.371. The third-order valence-corrected chi connectivity index (χ3v) is 6.13. The summed E-state index contributed by atoms with van der Waals surface area (Å²) in [6.07, 6.45) is 23.3. The molecule has 0 aliphatic heterocycles. The average Bonchev–Trinajstić information content (AvgIpc) is 2.65. The van der Waals surface area contributed by atoms with Crippen molar-refractivity contribution in [2.24, 2.45) is 0 Å². The highest BCUT2D eigenvalue weighted by atomic mass is 16.2. The third-order valence-electron chi connectivity index (χ3n) is 6.13. The number of quaternary nitrogens is 1. The predicted octanol–water partition coefficient (Wildman–Crippen LogP) is 7.49. The summed E-state index contributed by atoms with van der Waals surface area (Å²) >= 11 is 0. The molecule has 2 heteroatoms. The van der Waals surface area contributed by atoms with E-state index >= 15 is 0 Å². The summed E-state index contributed by atoms with van der Waals surface area (Å²) in [5.41, 5.74) is 0. The van der Waals surface area contributed by atoms with E-state index in [0.29, 0.717) is 6.61 Å². The van der Waals surface area contributed by atoms with Crippen molar-refractivity contribution in [3.05, 3.63) is 0 Å². The van der Waals surface area contributed by atoms with Gasteiger partial charge in [0.2, 0.25) is 0 Å². The van der Waals surface area contributed by atoms with E-state index in [-0.39, 0.29) is 0 Å². The molecule has 0 aliphatic carbocycles. The number of aliphatic hydroxyl groups is 1. The molecule has 164 valence electrons. The Kier molecular flexibility index (Phi) is 20.6. The summed E-state index contributed by atoms with van der Waals surface area (Å²) in [5.74, 6) is 0. The van der Waals surface area contributed by atoms with Gasteiger partial charge in [0.15, 0.2) is 0 Å². The van der Waals surface area contributed by atoms with Crippen molar-refractivity contribution >= 4 is 0 Å². The van der Waals surface area contributed by atoms with E-state index in [4.69, 9.17) is 5.11 Å². The number of hydrogen-bond acceptors (Lipinski definition) is 1. The van der Waals surface area contributed by atoms with Crippen molar-refractivity contribution in [1.29, 1.82) is 0 Å². The van der Waals surface area contributed by atoms with Gasteiger partial charge >= 0.3 is 0 Å². The second-order valence-electron chi connectivity index (χ2n) is 8.91. The Balaban J connectivity index is 3.49. The van der Waals surface area contributed by atoms with Crippen LogP contribution in [-0.2, 0) is 0 Å². The standard InChI is InChI=1S/C25H54NO/c1-4-21-26(22-5-2,23-6-3)24-19-17-15-13-11-9-7-8-10-12-14-16-18-20-25-27/h27H,4-25H2,1-3H3/q+1. The van der Waals surface area contributed by atoms with Crippen LogP contribution in [0.3, 0.4) is 0 Å². The average molecular weight is 385 g/mol. The van der Waals surface area contributed by atoms with Crippen molar-refractivity contribution < 1.29 is 9.59 Å². The van der Waals surface area contributed by atoms with E-state index in [0.717, 1.165) is 6.42 Å². The molecular weight excluding hydrogens is 330 g/mol. The van der Waals surface area contributed by atoms with Crippen molar-refractivity contribution in [3.8, 4) is 0 Å². The smallest absolute Gasteiger partial charge is 0.0786 e. The van der Waals surface area contributed by atoms with Crippen LogP contribution >= 0.6 is 0 Å². The number of nitrogens with zero attached hydrogens (tertiary/aromatic N) is 1. The summed E-state index contributed by atoms with van der Waals surface area (Å²) in [4.78, 5) is 0. The van der Waals surface area contributed by atoms with Crippen LogP contribution in [0.1, 0.15) is 130 Å². The highest BCUT2D eigenvalue weighted by Gasteiger charge is 2.23. The monoisotopic (exact) mass is 384 g/mol. The van der Waals surface area contributed by atoms with Crippen LogP contribution in [0.2, 0.25) is 0 Å². The van der Waals surface area contributed by atoms with E-state index in [9.17, 15) is 0 Å². The molecule has 0 saturated carbocycles. The molecule has 27 heavy (non-hydrogen) atoms. The molecule has 0 radical (unpaired) electrons. The second kappa shape index (κ2) is 20.6. The van der Waals surface area contributed by atoms with Crippen LogP contribution in [0.5, 0.6) is 0 Å². The topological polar surface area (TPSA) is 20.2 Å². The maximum atomic E-state index is 8.76. The Hall–Kier alpha value is -0.0800. The van der Waals surface area contributed by atoms with Gasteiger partial charge in [0.05, 0.1) is 26.2 Å². The lowest BCUT2D eigenvalue weighted by Crippen LogP contribution is -2.50. The number of aliphatic hydroxyl groups excluding tert-OH is 1. The lowest BCUT2D eigenvalue weighted by atomic mass is 10.0. The predicted molar refractivity (Wildman–Crippen MR) is 122 cm³/mol. The zero-order valence-corrected chi connectivity index (χ0v) is 19.5. The van der Waals surface area contributed by atoms with Crippen LogP contribution in [-0.4, -0.2) is 42.4 Å². The first-order valence-corrected chi connectivity index (χ1v) is 12.7. The van der Waals surface area contributed by atoms with Gasteiger partial charge in [-0.1, -0.05) is 91.4 Å². The SMILES string of the molecule is CCC[N+](CCC)(CCC)CCCCCCCCCCCCCCCCO. The number of hydrogen-bond donors (Lipinski definition) is 1. The van der Waals surface area contributed by atoms with Gasteiger partial charge in [0, 0.05) is 6.61 Å². The molecule has 1 N–H and O–H groups in total. The van der Waals surface area contributed by atoms with Crippen LogP contribution in [0.25, 0.3) is 0 Å². The molecule has 0 fully saturated rings. The Morgan fingerprint density at radius 1 is 0.407 bits per heavy atom. The summed E-state index contributed by atoms with van der Waals surface area (Å²) < 4.78 is 1.39. The third kappa shape index (κ3) is 16.6. The fourth-order valence-corrected chi connectivity index (χ4v) is 4.77. The molecule has 0 bridgehead atoms. The molecule has 0 heterocycles. The molecule has 0 aliphatic rings. The zero-order chi connectivity index (χ0) is 20.1. The van der Waals surface area contributed by atoms with Gasteiger partial charge in [-0.25, -0.2) is 0 Å². The molecule has 0 spiro atoms. The van der Waals surface area contributed by atoms with Gasteiger partial charge in [-0.2, -0.15) is 0 Å². The lowest BCUT2D eigenvalue weighted by molar-refractivity contribution is -0.928. The Morgan fingerprint density at radius 2 is 0.704 bits per heavy atom. The van der Waals surface area contributed by atoms with E-state index in [1.54, 1.807) is 0 Å². The van der Waals surface area contributed by atoms with Gasteiger partial charge in [0.25, 0.3) is 0 Å². The van der Waals surface area contributed by atoms with E-state index < -0.39 is 0 Å². The normalized spacial score (nSPS) is 12.0. The summed E-state index contributed by atoms with van der Waals surface area (Å²) in [6.45, 7) is 13.0. The molecule has 0 unspecified atom stereocenters. The number of unbranched alkanes of at least 4 members (excludes halogenated alkanes) is 13. The first kappa shape index (κ1) is 26.9. The first-order chi connectivity index (χ1) is 13.2. The van der Waals surface area contributed by atoms with Gasteiger partial charge < -0.3 is 9.59 Å². The number of rotatable bonds is 22. The van der Waals surface area contributed by atoms with Crippen LogP contribution < -0.4 is 0 Å². The van der Waals surface area contributed by atoms with Crippen LogP contribution in [0, 0.1) is 0 Å². The minimum absolute atomic E-state index is 0.371. The molecular formula is C25H54NO+. The molecule has 0 aromatic carbocycles. The maximum absolute atomic E-state index is 8.76. The quantitative estimate of drug-likeness (QED) is 0.151. The Labute approximate surface area is 172 Å². The van der Waals surface area contributed by atoms with E-state index in [1.165, 1.54) is 133 Å². The minimum Gasteiger partial charge on any atom is -0.396 e. The largest absolute Gasteiger partial charge is 0.396 e. The van der Waals surface area contributed by atoms with E-state index in [2.05, 4.69) is 20.8 Å². The zero-order valence-electron chi connectivity index (χ0n) is 19.5. The summed E-state index contributed by atoms with van der Waals surface area (Å²) in [5, 5.41) is 8.76. The lowest BCUT2D eigenvalue weighted by Gasteiger charge is -2.38. The van der Waals surface area contributed by atoms with Crippen LogP contribution in [0.15, 0.2) is 0 Å². The van der Waals surface area contributed by atoms with Crippen molar-refractivity contribution in [2.45, 2.75) is 130 Å².